The van der Waals surface area contributed by atoms with E-state index in [1.54, 1.807) is 0 Å². The first kappa shape index (κ1) is 9.03. The summed E-state index contributed by atoms with van der Waals surface area (Å²) < 4.78 is 0. The third-order valence-corrected chi connectivity index (χ3v) is 2.29. The Morgan fingerprint density at radius 2 is 2.25 bits per heavy atom. The topological polar surface area (TPSA) is 66.4 Å². The minimum Gasteiger partial charge on any atom is -0.480 e. The standard InChI is InChI=1S/C8H13NO3/c1-4(2)5-3-6(10)9-7(5)8(11)12/h4-5,7H,3H2,1-2H3,(H,9,10)(H,11,12)/t5-,7+/m0/s1. The van der Waals surface area contributed by atoms with Crippen LogP contribution >= 0.6 is 0 Å². The molecule has 1 aliphatic heterocycles. The van der Waals surface area contributed by atoms with Crippen molar-refractivity contribution in [1.29, 1.82) is 0 Å². The van der Waals surface area contributed by atoms with Gasteiger partial charge in [-0.2, -0.15) is 0 Å². The van der Waals surface area contributed by atoms with E-state index in [0.717, 1.165) is 0 Å². The zero-order valence-electron chi connectivity index (χ0n) is 7.20. The SMILES string of the molecule is CC(C)[C@@H]1CC(=O)N[C@H]1C(=O)O. The second-order valence-corrected chi connectivity index (χ2v) is 3.50. The third-order valence-electron chi connectivity index (χ3n) is 2.29. The fraction of sp³-hybridized carbons (Fsp3) is 0.750. The summed E-state index contributed by atoms with van der Waals surface area (Å²) in [4.78, 5) is 21.5. The van der Waals surface area contributed by atoms with Gasteiger partial charge in [0.25, 0.3) is 0 Å². The van der Waals surface area contributed by atoms with Gasteiger partial charge in [-0.25, -0.2) is 4.79 Å². The van der Waals surface area contributed by atoms with Crippen LogP contribution in [0.15, 0.2) is 0 Å². The molecule has 1 fully saturated rings. The zero-order valence-corrected chi connectivity index (χ0v) is 7.20. The number of amides is 1. The van der Waals surface area contributed by atoms with Crippen molar-refractivity contribution in [3.63, 3.8) is 0 Å². The van der Waals surface area contributed by atoms with Crippen LogP contribution in [0.4, 0.5) is 0 Å². The summed E-state index contributed by atoms with van der Waals surface area (Å²) >= 11 is 0. The maximum Gasteiger partial charge on any atom is 0.326 e. The Morgan fingerprint density at radius 3 is 2.58 bits per heavy atom. The van der Waals surface area contributed by atoms with E-state index in [-0.39, 0.29) is 17.7 Å². The van der Waals surface area contributed by atoms with Crippen LogP contribution in [0.2, 0.25) is 0 Å². The van der Waals surface area contributed by atoms with Crippen molar-refractivity contribution in [2.75, 3.05) is 0 Å². The molecule has 2 atom stereocenters. The molecule has 2 N–H and O–H groups in total. The van der Waals surface area contributed by atoms with Crippen LogP contribution in [0.3, 0.4) is 0 Å². The van der Waals surface area contributed by atoms with Crippen molar-refractivity contribution < 1.29 is 14.7 Å². The van der Waals surface area contributed by atoms with E-state index in [4.69, 9.17) is 5.11 Å². The molecular formula is C8H13NO3. The predicted octanol–water partition coefficient (Wildman–Crippen LogP) is 0.232. The summed E-state index contributed by atoms with van der Waals surface area (Å²) in [5, 5.41) is 11.2. The first-order valence-corrected chi connectivity index (χ1v) is 4.04. The smallest absolute Gasteiger partial charge is 0.326 e. The van der Waals surface area contributed by atoms with Crippen molar-refractivity contribution in [1.82, 2.24) is 5.32 Å². The Hall–Kier alpha value is -1.06. The normalized spacial score (nSPS) is 29.1. The molecule has 0 aromatic heterocycles. The molecule has 0 bridgehead atoms. The largest absolute Gasteiger partial charge is 0.480 e. The van der Waals surface area contributed by atoms with Crippen LogP contribution in [-0.2, 0) is 9.59 Å². The molecule has 12 heavy (non-hydrogen) atoms. The minimum atomic E-state index is -0.931. The van der Waals surface area contributed by atoms with Crippen LogP contribution in [0.1, 0.15) is 20.3 Å². The van der Waals surface area contributed by atoms with E-state index >= 15 is 0 Å². The number of aliphatic carboxylic acids is 1. The van der Waals surface area contributed by atoms with Crippen molar-refractivity contribution in [2.45, 2.75) is 26.3 Å². The first-order valence-electron chi connectivity index (χ1n) is 4.04. The summed E-state index contributed by atoms with van der Waals surface area (Å²) in [6.07, 6.45) is 0.342. The van der Waals surface area contributed by atoms with E-state index in [9.17, 15) is 9.59 Å². The molecule has 1 saturated heterocycles. The van der Waals surface area contributed by atoms with Gasteiger partial charge in [0, 0.05) is 12.3 Å². The van der Waals surface area contributed by atoms with Gasteiger partial charge >= 0.3 is 5.97 Å². The number of hydrogen-bond donors (Lipinski definition) is 2. The average molecular weight is 171 g/mol. The number of hydrogen-bond acceptors (Lipinski definition) is 2. The Morgan fingerprint density at radius 1 is 1.67 bits per heavy atom. The van der Waals surface area contributed by atoms with E-state index in [1.165, 1.54) is 0 Å². The number of nitrogens with one attached hydrogen (secondary N) is 1. The van der Waals surface area contributed by atoms with Crippen LogP contribution in [0.25, 0.3) is 0 Å². The molecule has 1 heterocycles. The van der Waals surface area contributed by atoms with E-state index < -0.39 is 12.0 Å². The molecule has 4 heteroatoms. The summed E-state index contributed by atoms with van der Waals surface area (Å²) in [6, 6.07) is -0.683. The molecule has 0 saturated carbocycles. The van der Waals surface area contributed by atoms with Crippen LogP contribution in [0, 0.1) is 11.8 Å². The monoisotopic (exact) mass is 171 g/mol. The molecule has 0 radical (unpaired) electrons. The first-order chi connectivity index (χ1) is 5.52. The minimum absolute atomic E-state index is 0.0602. The Labute approximate surface area is 71.0 Å². The highest BCUT2D eigenvalue weighted by Crippen LogP contribution is 2.24. The fourth-order valence-corrected chi connectivity index (χ4v) is 1.54. The molecule has 1 aliphatic rings. The number of rotatable bonds is 2. The second-order valence-electron chi connectivity index (χ2n) is 3.50. The summed E-state index contributed by atoms with van der Waals surface area (Å²) in [5.74, 6) is -0.916. The molecule has 0 aliphatic carbocycles. The number of carboxylic acid groups (broad SMARTS) is 1. The highest BCUT2D eigenvalue weighted by molar-refractivity contribution is 5.87. The van der Waals surface area contributed by atoms with Crippen molar-refractivity contribution >= 4 is 11.9 Å². The lowest BCUT2D eigenvalue weighted by Crippen LogP contribution is -2.38. The third kappa shape index (κ3) is 1.57. The molecule has 0 aromatic carbocycles. The van der Waals surface area contributed by atoms with E-state index in [1.807, 2.05) is 13.8 Å². The maximum atomic E-state index is 10.9. The van der Waals surface area contributed by atoms with Gasteiger partial charge in [-0.1, -0.05) is 13.8 Å². The molecule has 1 rings (SSSR count). The van der Waals surface area contributed by atoms with Gasteiger partial charge in [-0.3, -0.25) is 4.79 Å². The summed E-state index contributed by atoms with van der Waals surface area (Å²) in [7, 11) is 0. The van der Waals surface area contributed by atoms with Crippen molar-refractivity contribution in [2.24, 2.45) is 11.8 Å². The Balaban J connectivity index is 2.72. The Bertz CT molecular complexity index is 212. The highest BCUT2D eigenvalue weighted by Gasteiger charge is 2.38. The molecular weight excluding hydrogens is 158 g/mol. The van der Waals surface area contributed by atoms with Gasteiger partial charge in [0.1, 0.15) is 6.04 Å². The lowest BCUT2D eigenvalue weighted by Gasteiger charge is -2.17. The van der Waals surface area contributed by atoms with Crippen LogP contribution in [0.5, 0.6) is 0 Å². The number of carbonyl (C=O) groups excluding carboxylic acids is 1. The van der Waals surface area contributed by atoms with Gasteiger partial charge in [-0.05, 0) is 5.92 Å². The quantitative estimate of drug-likeness (QED) is 0.625. The average Bonchev–Trinajstić information content (AvgIpc) is 2.31. The molecule has 0 spiro atoms. The van der Waals surface area contributed by atoms with Crippen LogP contribution in [-0.4, -0.2) is 23.0 Å². The maximum absolute atomic E-state index is 10.9. The number of carbonyl (C=O) groups is 2. The van der Waals surface area contributed by atoms with Gasteiger partial charge in [0.05, 0.1) is 0 Å². The van der Waals surface area contributed by atoms with Gasteiger partial charge in [0.2, 0.25) is 5.91 Å². The second kappa shape index (κ2) is 3.13. The fourth-order valence-electron chi connectivity index (χ4n) is 1.54. The Kier molecular flexibility index (Phi) is 2.35. The molecule has 68 valence electrons. The lowest BCUT2D eigenvalue weighted by molar-refractivity contribution is -0.141. The molecule has 0 aromatic rings. The molecule has 4 nitrogen and oxygen atoms in total. The lowest BCUT2D eigenvalue weighted by atomic mass is 9.89. The van der Waals surface area contributed by atoms with Gasteiger partial charge in [-0.15, -0.1) is 0 Å². The molecule has 1 amide bonds. The molecule has 0 unspecified atom stereocenters. The van der Waals surface area contributed by atoms with Gasteiger partial charge < -0.3 is 10.4 Å². The highest BCUT2D eigenvalue weighted by atomic mass is 16.4. The van der Waals surface area contributed by atoms with E-state index in [2.05, 4.69) is 5.32 Å². The van der Waals surface area contributed by atoms with Crippen LogP contribution < -0.4 is 5.32 Å². The summed E-state index contributed by atoms with van der Waals surface area (Å²) in [6.45, 7) is 3.86. The summed E-state index contributed by atoms with van der Waals surface area (Å²) in [5.41, 5.74) is 0. The predicted molar refractivity (Wildman–Crippen MR) is 42.5 cm³/mol. The van der Waals surface area contributed by atoms with E-state index in [0.29, 0.717) is 6.42 Å². The van der Waals surface area contributed by atoms with Crippen molar-refractivity contribution in [3.05, 3.63) is 0 Å². The van der Waals surface area contributed by atoms with Gasteiger partial charge in [0.15, 0.2) is 0 Å². The zero-order chi connectivity index (χ0) is 9.30. The number of carboxylic acids is 1. The van der Waals surface area contributed by atoms with Crippen molar-refractivity contribution in [3.8, 4) is 0 Å².